The van der Waals surface area contributed by atoms with Crippen LogP contribution in [0.15, 0.2) is 161 Å². The molecule has 7 fully saturated rings. The Hall–Kier alpha value is -10.2. The van der Waals surface area contributed by atoms with Gasteiger partial charge < -0.3 is 59.0 Å². The highest BCUT2D eigenvalue weighted by Gasteiger charge is 2.40. The van der Waals surface area contributed by atoms with Crippen molar-refractivity contribution >= 4 is 73.3 Å². The van der Waals surface area contributed by atoms with E-state index in [4.69, 9.17) is 19.6 Å². The molecule has 0 unspecified atom stereocenters. The molecule has 7 aromatic carbocycles. The zero-order valence-corrected chi connectivity index (χ0v) is 67.0. The molecule has 632 valence electrons. The number of carbonyl (C=O) groups is 1. The van der Waals surface area contributed by atoms with Crippen LogP contribution in [0.1, 0.15) is 90.9 Å². The van der Waals surface area contributed by atoms with Crippen LogP contribution in [0.2, 0.25) is 0 Å². The fourth-order valence-electron chi connectivity index (χ4n) is 14.6. The Balaban J connectivity index is 0.000000139. The van der Waals surface area contributed by atoms with E-state index in [9.17, 15) is 71.4 Å². The molecule has 7 aliphatic rings. The van der Waals surface area contributed by atoms with Gasteiger partial charge in [-0.3, -0.25) is 4.79 Å². The minimum absolute atomic E-state index is 0.196. The number of Topliss-reactive ketones (excluding diaryl/α,β-unsaturated/α-hetero) is 1. The summed E-state index contributed by atoms with van der Waals surface area (Å²) in [5.41, 5.74) is 9.44. The normalized spacial score (nSPS) is 17.2. The lowest BCUT2D eigenvalue weighted by molar-refractivity contribution is -0.169. The number of anilines is 8. The van der Waals surface area contributed by atoms with Crippen LogP contribution in [-0.4, -0.2) is 147 Å². The van der Waals surface area contributed by atoms with Crippen LogP contribution in [0.25, 0.3) is 17.2 Å². The highest BCUT2D eigenvalue weighted by atomic mass is 79.9. The summed E-state index contributed by atoms with van der Waals surface area (Å²) in [4.78, 5) is 33.5. The number of aliphatic hydroxyl groups is 1. The molecule has 0 radical (unpaired) electrons. The summed E-state index contributed by atoms with van der Waals surface area (Å²) < 4.78 is 201. The van der Waals surface area contributed by atoms with Crippen molar-refractivity contribution in [2.24, 2.45) is 11.8 Å². The van der Waals surface area contributed by atoms with E-state index in [1.54, 1.807) is 23.3 Å². The number of nitrogen functional groups attached to an aromatic ring is 1. The summed E-state index contributed by atoms with van der Waals surface area (Å²) in [6.07, 6.45) is 10.8. The fourth-order valence-corrected chi connectivity index (χ4v) is 14.9. The van der Waals surface area contributed by atoms with Crippen molar-refractivity contribution in [3.63, 3.8) is 0 Å². The summed E-state index contributed by atoms with van der Waals surface area (Å²) in [7, 11) is 1.96. The molecule has 17 nitrogen and oxygen atoms in total. The third-order valence-corrected chi connectivity index (χ3v) is 22.2. The maximum atomic E-state index is 14.1. The van der Waals surface area contributed by atoms with Crippen molar-refractivity contribution in [2.45, 2.75) is 109 Å². The van der Waals surface area contributed by atoms with Gasteiger partial charge in [0.1, 0.15) is 93.0 Å². The zero-order chi connectivity index (χ0) is 84.3. The third kappa shape index (κ3) is 24.3. The number of aromatic nitrogens is 4. The number of ether oxygens (including phenoxy) is 2. The maximum absolute atomic E-state index is 14.1. The van der Waals surface area contributed by atoms with Crippen LogP contribution in [-0.2, 0) is 14.3 Å². The average Bonchev–Trinajstić information content (AvgIpc) is 1.62. The van der Waals surface area contributed by atoms with E-state index in [2.05, 4.69) is 49.7 Å². The van der Waals surface area contributed by atoms with Crippen LogP contribution in [0.3, 0.4) is 0 Å². The van der Waals surface area contributed by atoms with E-state index < -0.39 is 87.2 Å². The van der Waals surface area contributed by atoms with Gasteiger partial charge in [0.25, 0.3) is 0 Å². The fraction of sp³-hybridized carbons (Fsp3) is 0.395. The maximum Gasteiger partial charge on any atom is 0.225 e. The van der Waals surface area contributed by atoms with Crippen LogP contribution in [0.4, 0.5) is 107 Å². The zero-order valence-electron chi connectivity index (χ0n) is 65.4. The number of benzene rings is 7. The minimum Gasteiger partial charge on any atom is -0.461 e. The number of ketones is 1. The van der Waals surface area contributed by atoms with Crippen LogP contribution >= 0.6 is 15.9 Å². The van der Waals surface area contributed by atoms with E-state index in [1.165, 1.54) is 89.4 Å². The molecule has 3 N–H and O–H groups in total. The first-order valence-corrected chi connectivity index (χ1v) is 39.9. The van der Waals surface area contributed by atoms with Gasteiger partial charge in [-0.15, -0.1) is 5.10 Å². The number of fused-ring (bicyclic) bond motifs is 1. The monoisotopic (exact) mass is 1720 g/mol. The number of halogens is 15. The van der Waals surface area contributed by atoms with Crippen molar-refractivity contribution in [2.75, 3.05) is 139 Å². The van der Waals surface area contributed by atoms with Crippen LogP contribution in [0, 0.1) is 93.3 Å². The molecule has 32 heteroatoms. The van der Waals surface area contributed by atoms with Gasteiger partial charge in [0.05, 0.1) is 64.2 Å². The van der Waals surface area contributed by atoms with Gasteiger partial charge in [0, 0.05) is 166 Å². The lowest BCUT2D eigenvalue weighted by Crippen LogP contribution is -2.45. The summed E-state index contributed by atoms with van der Waals surface area (Å²) in [6, 6.07) is 31.0. The molecule has 0 saturated carbocycles. The van der Waals surface area contributed by atoms with E-state index in [0.717, 1.165) is 107 Å². The lowest BCUT2D eigenvalue weighted by Gasteiger charge is -2.38. The van der Waals surface area contributed by atoms with Gasteiger partial charge in [-0.05, 0) is 176 Å². The molecule has 0 bridgehead atoms. The first-order valence-electron chi connectivity index (χ1n) is 39.1. The molecule has 1 spiro atoms. The van der Waals surface area contributed by atoms with Crippen molar-refractivity contribution in [1.82, 2.24) is 19.6 Å². The molecule has 0 amide bonds. The smallest absolute Gasteiger partial charge is 0.225 e. The summed E-state index contributed by atoms with van der Waals surface area (Å²) in [5, 5.41) is 13.7. The molecular formula is C86H93BrF14N12O5. The van der Waals surface area contributed by atoms with E-state index >= 15 is 0 Å². The predicted molar refractivity (Wildman–Crippen MR) is 430 cm³/mol. The first kappa shape index (κ1) is 88.6. The summed E-state index contributed by atoms with van der Waals surface area (Å²) >= 11 is 2.89. The Morgan fingerprint density at radius 1 is 0.441 bits per heavy atom. The number of furan rings is 1. The Kier molecular flexibility index (Phi) is 31.2. The van der Waals surface area contributed by atoms with Crippen molar-refractivity contribution in [3.8, 4) is 11.6 Å². The van der Waals surface area contributed by atoms with Gasteiger partial charge in [-0.25, -0.2) is 66.4 Å². The Morgan fingerprint density at radius 3 is 1.13 bits per heavy atom. The number of aliphatic hydroxyl groups excluding tert-OH is 1. The summed E-state index contributed by atoms with van der Waals surface area (Å²) in [5.74, 6) is -4.40. The van der Waals surface area contributed by atoms with Gasteiger partial charge in [0.15, 0.2) is 17.2 Å². The topological polar surface area (TPSA) is 161 Å². The van der Waals surface area contributed by atoms with Gasteiger partial charge >= 0.3 is 0 Å². The standard InChI is InChI=1S/C21H21F2N7O.C13H15F2NO2.2C12H15F2N.C11H13F2NO.C11H11F2NO.C6H3BrF2/c1-28(14-6-8-29(9-7-14)16-5-4-13(22)11-15(16)23)18-12-19-25-20(17-3-2-10-31-17)27-30(19)21(24)26-18;14-10-1-2-12(11(15)9-10)16-5-3-13(4-6-16)17-7-8-18-13;2*1-9-4-6-15(7-5-9)12-3-2-10(13)8-11(12)14;2*12-8-1-2-11(10(13)7-8)14-5-3-9(15)4-6-14;7-5-2-1-4(8)3-6(5)9/h2-5,10-12,14H,6-9H2,1H3,(H2,24,26);1-2,9H,3-8H2;2*2-3,8-9H,4-7H2,1H3;1-2,7,9,15H,3-6H2;1-2,7H,3-6H2;1-3H. The molecule has 10 aromatic rings. The quantitative estimate of drug-likeness (QED) is 0.104. The second-order valence-electron chi connectivity index (χ2n) is 29.8. The second-order valence-corrected chi connectivity index (χ2v) is 30.6. The molecule has 0 atom stereocenters. The van der Waals surface area contributed by atoms with Gasteiger partial charge in [-0.1, -0.05) is 13.8 Å². The molecule has 118 heavy (non-hydrogen) atoms. The molecule has 10 heterocycles. The molecular weight excluding hydrogens is 1630 g/mol. The number of nitrogens with zero attached hydrogens (tertiary/aromatic N) is 11. The number of rotatable bonds is 9. The van der Waals surface area contributed by atoms with E-state index in [1.807, 2.05) is 37.6 Å². The number of carbonyl (C=O) groups excluding carboxylic acids is 1. The highest BCUT2D eigenvalue weighted by molar-refractivity contribution is 9.10. The Bertz CT molecular complexity index is 4760. The molecule has 3 aromatic heterocycles. The van der Waals surface area contributed by atoms with Crippen molar-refractivity contribution in [1.29, 1.82) is 0 Å². The first-order chi connectivity index (χ1) is 56.5. The second kappa shape index (κ2) is 41.5. The van der Waals surface area contributed by atoms with Crippen molar-refractivity contribution in [3.05, 3.63) is 238 Å². The highest BCUT2D eigenvalue weighted by Crippen LogP contribution is 2.36. The predicted octanol–water partition coefficient (Wildman–Crippen LogP) is 18.8. The van der Waals surface area contributed by atoms with Gasteiger partial charge in [-0.2, -0.15) is 9.50 Å². The lowest BCUT2D eigenvalue weighted by atomic mass is 9.99. The SMILES string of the molecule is CC1CCN(c2ccc(F)cc2F)CC1.CC1CCN(c2ccc(F)cc2F)CC1.CN(c1cc2nc(-c3ccco3)nn2c(N)n1)C1CCN(c2ccc(F)cc2F)CC1.Fc1ccc(Br)c(F)c1.Fc1ccc(N2CCC3(CC2)OCCO3)c(F)c1.O=C1CCN(c2ccc(F)cc2F)CC1.OC1CCN(c2ccc(F)cc2F)CC1. The molecule has 0 aliphatic carbocycles. The average molecular weight is 1720 g/mol. The number of piperidine rings is 6. The molecule has 17 rings (SSSR count). The molecule has 7 saturated heterocycles. The Labute approximate surface area is 683 Å². The number of nitrogens with two attached hydrogens (primary N) is 1. The van der Waals surface area contributed by atoms with E-state index in [-0.39, 0.29) is 28.4 Å². The number of hydrogen-bond acceptors (Lipinski definition) is 16. The molecule has 7 aliphatic heterocycles. The van der Waals surface area contributed by atoms with Crippen LogP contribution < -0.4 is 40.0 Å². The minimum atomic E-state index is -0.579. The van der Waals surface area contributed by atoms with Crippen molar-refractivity contribution < 1.29 is 85.3 Å². The number of hydrogen-bond donors (Lipinski definition) is 2. The largest absolute Gasteiger partial charge is 0.461 e. The summed E-state index contributed by atoms with van der Waals surface area (Å²) in [6.45, 7) is 14.0. The third-order valence-electron chi connectivity index (χ3n) is 21.5. The van der Waals surface area contributed by atoms with E-state index in [0.29, 0.717) is 173 Å². The Morgan fingerprint density at radius 2 is 0.780 bits per heavy atom. The van der Waals surface area contributed by atoms with Crippen LogP contribution in [0.5, 0.6) is 0 Å². The van der Waals surface area contributed by atoms with Gasteiger partial charge in [0.2, 0.25) is 11.8 Å².